The minimum Gasteiger partial charge on any atom is -0.365 e. The van der Waals surface area contributed by atoms with Gasteiger partial charge in [0.2, 0.25) is 0 Å². The number of alkyl halides is 2. The van der Waals surface area contributed by atoms with Gasteiger partial charge in [0.15, 0.2) is 0 Å². The second-order valence-electron chi connectivity index (χ2n) is 3.73. The number of rotatable bonds is 1. The molecule has 1 fully saturated rings. The molecule has 0 bridgehead atoms. The molecule has 80 valence electrons. The molecule has 1 aliphatic heterocycles. The maximum absolute atomic E-state index is 13.1. The smallest absolute Gasteiger partial charge is 0.276 e. The number of nitrogens with two attached hydrogens (primary N) is 1. The quantitative estimate of drug-likeness (QED) is 0.726. The van der Waals surface area contributed by atoms with Gasteiger partial charge in [0.25, 0.3) is 5.92 Å². The molecule has 1 aliphatic rings. The van der Waals surface area contributed by atoms with Gasteiger partial charge < -0.3 is 10.5 Å². The van der Waals surface area contributed by atoms with Crippen molar-refractivity contribution in [2.24, 2.45) is 5.73 Å². The van der Waals surface area contributed by atoms with Crippen LogP contribution in [-0.2, 0) is 4.74 Å². The van der Waals surface area contributed by atoms with Crippen LogP contribution in [0.2, 0.25) is 0 Å². The molecule has 0 aromatic heterocycles. The zero-order valence-corrected chi connectivity index (χ0v) is 8.66. The van der Waals surface area contributed by atoms with Crippen LogP contribution in [-0.4, -0.2) is 24.2 Å². The Labute approximate surface area is 83.2 Å². The molecule has 2 nitrogen and oxygen atoms in total. The van der Waals surface area contributed by atoms with E-state index in [0.29, 0.717) is 13.0 Å². The molecule has 0 aliphatic carbocycles. The van der Waals surface area contributed by atoms with E-state index in [2.05, 4.69) is 0 Å². The summed E-state index contributed by atoms with van der Waals surface area (Å²) >= 11 is 0. The van der Waals surface area contributed by atoms with E-state index < -0.39 is 11.5 Å². The zero-order chi connectivity index (χ0) is 9.41. The summed E-state index contributed by atoms with van der Waals surface area (Å²) in [7, 11) is 0. The minimum atomic E-state index is -2.72. The lowest BCUT2D eigenvalue weighted by atomic mass is 9.90. The Bertz CT molecular complexity index is 176. The molecule has 1 rings (SSSR count). The van der Waals surface area contributed by atoms with Crippen LogP contribution in [0.5, 0.6) is 0 Å². The normalized spacial score (nSPS) is 30.7. The van der Waals surface area contributed by atoms with Crippen LogP contribution in [0.25, 0.3) is 0 Å². The second-order valence-corrected chi connectivity index (χ2v) is 3.73. The largest absolute Gasteiger partial charge is 0.365 e. The van der Waals surface area contributed by atoms with Crippen molar-refractivity contribution < 1.29 is 13.5 Å². The molecule has 0 spiro atoms. The molecule has 0 aromatic rings. The van der Waals surface area contributed by atoms with E-state index in [0.717, 1.165) is 0 Å². The summed E-state index contributed by atoms with van der Waals surface area (Å²) in [5.74, 6) is -2.72. The second kappa shape index (κ2) is 4.07. The summed E-state index contributed by atoms with van der Waals surface area (Å²) in [4.78, 5) is 0. The lowest BCUT2D eigenvalue weighted by Gasteiger charge is -2.41. The van der Waals surface area contributed by atoms with Gasteiger partial charge >= 0.3 is 0 Å². The van der Waals surface area contributed by atoms with Crippen molar-refractivity contribution in [3.05, 3.63) is 0 Å². The first-order chi connectivity index (χ1) is 5.39. The lowest BCUT2D eigenvalue weighted by Crippen LogP contribution is -2.53. The van der Waals surface area contributed by atoms with E-state index in [1.165, 1.54) is 13.8 Å². The van der Waals surface area contributed by atoms with Crippen molar-refractivity contribution in [2.45, 2.75) is 44.3 Å². The molecule has 0 saturated carbocycles. The highest BCUT2D eigenvalue weighted by atomic mass is 35.5. The van der Waals surface area contributed by atoms with Crippen LogP contribution in [0.15, 0.2) is 0 Å². The van der Waals surface area contributed by atoms with E-state index in [-0.39, 0.29) is 24.9 Å². The van der Waals surface area contributed by atoms with Crippen molar-refractivity contribution in [3.8, 4) is 0 Å². The van der Waals surface area contributed by atoms with Crippen LogP contribution in [0.4, 0.5) is 8.78 Å². The standard InChI is InChI=1S/C8H15F2NO.ClH/c1-7(2)8(9,10)4-3-6(5-11)12-7;/h6H,3-5,11H2,1-2H3;1H. The summed E-state index contributed by atoms with van der Waals surface area (Å²) in [5, 5.41) is 0. The van der Waals surface area contributed by atoms with E-state index in [9.17, 15) is 8.78 Å². The maximum atomic E-state index is 13.1. The van der Waals surface area contributed by atoms with Gasteiger partial charge in [0.05, 0.1) is 6.10 Å². The van der Waals surface area contributed by atoms with Crippen molar-refractivity contribution in [2.75, 3.05) is 6.54 Å². The number of ether oxygens (including phenoxy) is 1. The zero-order valence-electron chi connectivity index (χ0n) is 7.85. The predicted molar refractivity (Wildman–Crippen MR) is 49.4 cm³/mol. The molecule has 1 saturated heterocycles. The summed E-state index contributed by atoms with van der Waals surface area (Å²) in [6.07, 6.45) is 0.0223. The molecular weight excluding hydrogens is 200 g/mol. The molecular formula is C8H16ClF2NO. The molecule has 13 heavy (non-hydrogen) atoms. The Morgan fingerprint density at radius 3 is 2.38 bits per heavy atom. The highest BCUT2D eigenvalue weighted by Crippen LogP contribution is 2.41. The van der Waals surface area contributed by atoms with E-state index in [1.54, 1.807) is 0 Å². The van der Waals surface area contributed by atoms with Gasteiger partial charge in [0, 0.05) is 13.0 Å². The first-order valence-electron chi connectivity index (χ1n) is 4.15. The molecule has 1 heterocycles. The molecule has 0 radical (unpaired) electrons. The molecule has 5 heteroatoms. The number of hydrogen-bond donors (Lipinski definition) is 1. The predicted octanol–water partition coefficient (Wildman–Crippen LogP) is 1.96. The fourth-order valence-corrected chi connectivity index (χ4v) is 1.37. The van der Waals surface area contributed by atoms with Gasteiger partial charge in [-0.15, -0.1) is 12.4 Å². The van der Waals surface area contributed by atoms with Gasteiger partial charge in [0.1, 0.15) is 5.60 Å². The van der Waals surface area contributed by atoms with E-state index >= 15 is 0 Å². The summed E-state index contributed by atoms with van der Waals surface area (Å²) < 4.78 is 31.4. The summed E-state index contributed by atoms with van der Waals surface area (Å²) in [6.45, 7) is 3.14. The van der Waals surface area contributed by atoms with Gasteiger partial charge in [-0.2, -0.15) is 0 Å². The first kappa shape index (κ1) is 13.1. The molecule has 2 N–H and O–H groups in total. The van der Waals surface area contributed by atoms with Crippen LogP contribution in [0.1, 0.15) is 26.7 Å². The molecule has 0 aromatic carbocycles. The first-order valence-corrected chi connectivity index (χ1v) is 4.15. The van der Waals surface area contributed by atoms with Crippen LogP contribution >= 0.6 is 12.4 Å². The summed E-state index contributed by atoms with van der Waals surface area (Å²) in [6, 6.07) is 0. The topological polar surface area (TPSA) is 35.2 Å². The number of hydrogen-bond acceptors (Lipinski definition) is 2. The SMILES string of the molecule is CC1(C)OC(CN)CCC1(F)F.Cl. The molecule has 1 unspecified atom stereocenters. The number of halogens is 3. The van der Waals surface area contributed by atoms with Crippen molar-refractivity contribution in [3.63, 3.8) is 0 Å². The van der Waals surface area contributed by atoms with Crippen LogP contribution < -0.4 is 5.73 Å². The third kappa shape index (κ3) is 2.51. The fraction of sp³-hybridized carbons (Fsp3) is 1.00. The van der Waals surface area contributed by atoms with Crippen molar-refractivity contribution in [1.29, 1.82) is 0 Å². The Morgan fingerprint density at radius 1 is 1.46 bits per heavy atom. The van der Waals surface area contributed by atoms with Gasteiger partial charge in [-0.25, -0.2) is 8.78 Å². The molecule has 0 amide bonds. The Hall–Kier alpha value is 0.0700. The van der Waals surface area contributed by atoms with Gasteiger partial charge in [-0.3, -0.25) is 0 Å². The molecule has 1 atom stereocenters. The van der Waals surface area contributed by atoms with Gasteiger partial charge in [-0.05, 0) is 20.3 Å². The average Bonchev–Trinajstić information content (AvgIpc) is 1.95. The Kier molecular flexibility index (Phi) is 4.09. The monoisotopic (exact) mass is 215 g/mol. The van der Waals surface area contributed by atoms with E-state index in [4.69, 9.17) is 10.5 Å². The van der Waals surface area contributed by atoms with Crippen molar-refractivity contribution >= 4 is 12.4 Å². The highest BCUT2D eigenvalue weighted by molar-refractivity contribution is 5.85. The maximum Gasteiger partial charge on any atom is 0.276 e. The Balaban J connectivity index is 0.00000144. The van der Waals surface area contributed by atoms with Crippen LogP contribution in [0, 0.1) is 0 Å². The highest BCUT2D eigenvalue weighted by Gasteiger charge is 2.51. The third-order valence-corrected chi connectivity index (χ3v) is 2.39. The average molecular weight is 216 g/mol. The van der Waals surface area contributed by atoms with Crippen molar-refractivity contribution in [1.82, 2.24) is 0 Å². The van der Waals surface area contributed by atoms with E-state index in [1.807, 2.05) is 0 Å². The Morgan fingerprint density at radius 2 is 2.00 bits per heavy atom. The lowest BCUT2D eigenvalue weighted by molar-refractivity contribution is -0.244. The summed E-state index contributed by atoms with van der Waals surface area (Å²) in [5.41, 5.74) is 3.98. The fourth-order valence-electron chi connectivity index (χ4n) is 1.37. The minimum absolute atomic E-state index is 0. The van der Waals surface area contributed by atoms with Gasteiger partial charge in [-0.1, -0.05) is 0 Å². The third-order valence-electron chi connectivity index (χ3n) is 2.39. The van der Waals surface area contributed by atoms with Crippen LogP contribution in [0.3, 0.4) is 0 Å².